The summed E-state index contributed by atoms with van der Waals surface area (Å²) in [7, 11) is -5.66. The number of halogens is 3. The molecule has 0 amide bonds. The number of fused-ring (bicyclic) bond motifs is 1. The van der Waals surface area contributed by atoms with Crippen LogP contribution in [0.4, 0.5) is 13.2 Å². The molecule has 0 aliphatic heterocycles. The molecule has 0 atom stereocenters. The van der Waals surface area contributed by atoms with Crippen LogP contribution in [0.2, 0.25) is 0 Å². The highest BCUT2D eigenvalue weighted by atomic mass is 32.2. The molecular formula is C12H9F3O3S. The summed E-state index contributed by atoms with van der Waals surface area (Å²) in [5.41, 5.74) is -4.66. The van der Waals surface area contributed by atoms with Gasteiger partial charge in [0.05, 0.1) is 0 Å². The highest BCUT2D eigenvalue weighted by Gasteiger charge is 2.48. The Bertz CT molecular complexity index is 721. The Morgan fingerprint density at radius 3 is 2.42 bits per heavy atom. The zero-order valence-electron chi connectivity index (χ0n) is 9.73. The van der Waals surface area contributed by atoms with Crippen LogP contribution in [-0.2, 0) is 10.1 Å². The molecule has 7 heteroatoms. The third-order valence-corrected chi connectivity index (χ3v) is 3.45. The first-order valence-electron chi connectivity index (χ1n) is 5.21. The van der Waals surface area contributed by atoms with Crippen molar-refractivity contribution in [1.82, 2.24) is 0 Å². The van der Waals surface area contributed by atoms with Crippen LogP contribution in [0.3, 0.4) is 0 Å². The number of hydrogen-bond donors (Lipinski definition) is 0. The van der Waals surface area contributed by atoms with E-state index in [9.17, 15) is 21.6 Å². The van der Waals surface area contributed by atoms with Crippen molar-refractivity contribution in [2.45, 2.75) is 12.4 Å². The van der Waals surface area contributed by atoms with Gasteiger partial charge in [-0.15, -0.1) is 0 Å². The van der Waals surface area contributed by atoms with E-state index < -0.39 is 15.6 Å². The maximum absolute atomic E-state index is 12.3. The fraction of sp³-hybridized carbons (Fsp3) is 0.167. The summed E-state index contributed by atoms with van der Waals surface area (Å²) in [6.07, 6.45) is 0. The first kappa shape index (κ1) is 13.7. The van der Waals surface area contributed by atoms with Crippen molar-refractivity contribution in [2.75, 3.05) is 0 Å². The number of benzene rings is 2. The van der Waals surface area contributed by atoms with Crippen LogP contribution in [0.5, 0.6) is 5.75 Å². The van der Waals surface area contributed by atoms with Crippen molar-refractivity contribution in [2.24, 2.45) is 0 Å². The molecule has 0 saturated carbocycles. The van der Waals surface area contributed by atoms with E-state index in [0.29, 0.717) is 10.8 Å². The molecule has 0 fully saturated rings. The fourth-order valence-corrected chi connectivity index (χ4v) is 2.07. The van der Waals surface area contributed by atoms with Crippen molar-refractivity contribution in [1.29, 1.82) is 0 Å². The lowest BCUT2D eigenvalue weighted by Crippen LogP contribution is -2.28. The first-order valence-corrected chi connectivity index (χ1v) is 6.62. The van der Waals surface area contributed by atoms with Crippen LogP contribution in [-0.4, -0.2) is 13.9 Å². The second kappa shape index (κ2) is 4.41. The van der Waals surface area contributed by atoms with Gasteiger partial charge in [0.1, 0.15) is 0 Å². The van der Waals surface area contributed by atoms with Crippen LogP contribution in [0.1, 0.15) is 5.56 Å². The minimum atomic E-state index is -5.66. The van der Waals surface area contributed by atoms with E-state index in [-0.39, 0.29) is 5.75 Å². The van der Waals surface area contributed by atoms with Gasteiger partial charge in [0.2, 0.25) is 0 Å². The van der Waals surface area contributed by atoms with Gasteiger partial charge in [-0.25, -0.2) is 0 Å². The standard InChI is InChI=1S/C12H9F3O3S/c1-8-5-6-9-3-2-4-11(10(9)7-8)18-19(16,17)12(13,14)15/h2-7H,1H3. The maximum Gasteiger partial charge on any atom is 0.534 e. The van der Waals surface area contributed by atoms with Gasteiger partial charge in [0, 0.05) is 5.39 Å². The van der Waals surface area contributed by atoms with Gasteiger partial charge in [-0.05, 0) is 24.4 Å². The van der Waals surface area contributed by atoms with Crippen LogP contribution in [0.25, 0.3) is 10.8 Å². The molecule has 0 aromatic heterocycles. The summed E-state index contributed by atoms with van der Waals surface area (Å²) in [6, 6.07) is 9.28. The van der Waals surface area contributed by atoms with E-state index in [4.69, 9.17) is 0 Å². The molecule has 0 saturated heterocycles. The summed E-state index contributed by atoms with van der Waals surface area (Å²) >= 11 is 0. The van der Waals surface area contributed by atoms with Crippen LogP contribution in [0.15, 0.2) is 36.4 Å². The van der Waals surface area contributed by atoms with Gasteiger partial charge < -0.3 is 4.18 Å². The zero-order chi connectivity index (χ0) is 14.3. The number of alkyl halides is 3. The fourth-order valence-electron chi connectivity index (χ4n) is 1.60. The molecule has 2 rings (SSSR count). The lowest BCUT2D eigenvalue weighted by atomic mass is 10.1. The van der Waals surface area contributed by atoms with E-state index >= 15 is 0 Å². The van der Waals surface area contributed by atoms with E-state index in [2.05, 4.69) is 4.18 Å². The summed E-state index contributed by atoms with van der Waals surface area (Å²) < 4.78 is 63.0. The molecule has 0 unspecified atom stereocenters. The van der Waals surface area contributed by atoms with Crippen LogP contribution < -0.4 is 4.18 Å². The Hall–Kier alpha value is -1.76. The molecule has 19 heavy (non-hydrogen) atoms. The summed E-state index contributed by atoms with van der Waals surface area (Å²) in [5, 5.41) is 0.913. The summed E-state index contributed by atoms with van der Waals surface area (Å²) in [6.45, 7) is 1.74. The molecule has 0 bridgehead atoms. The third-order valence-electron chi connectivity index (χ3n) is 2.48. The topological polar surface area (TPSA) is 43.4 Å². The van der Waals surface area contributed by atoms with Gasteiger partial charge in [-0.3, -0.25) is 0 Å². The van der Waals surface area contributed by atoms with Crippen molar-refractivity contribution >= 4 is 20.9 Å². The normalized spacial score (nSPS) is 12.6. The molecule has 2 aromatic carbocycles. The summed E-state index contributed by atoms with van der Waals surface area (Å²) in [5.74, 6) is -0.335. The zero-order valence-corrected chi connectivity index (χ0v) is 10.5. The van der Waals surface area contributed by atoms with Crippen molar-refractivity contribution in [3.63, 3.8) is 0 Å². The number of aryl methyl sites for hydroxylation is 1. The van der Waals surface area contributed by atoms with E-state index in [1.54, 1.807) is 31.2 Å². The Balaban J connectivity index is 2.56. The average molecular weight is 290 g/mol. The average Bonchev–Trinajstić information content (AvgIpc) is 2.28. The molecule has 0 N–H and O–H groups in total. The third kappa shape index (κ3) is 2.65. The smallest absolute Gasteiger partial charge is 0.375 e. The molecule has 2 aromatic rings. The minimum Gasteiger partial charge on any atom is -0.375 e. The highest BCUT2D eigenvalue weighted by Crippen LogP contribution is 2.32. The van der Waals surface area contributed by atoms with Crippen molar-refractivity contribution in [3.8, 4) is 5.75 Å². The number of hydrogen-bond acceptors (Lipinski definition) is 3. The van der Waals surface area contributed by atoms with Gasteiger partial charge in [0.15, 0.2) is 5.75 Å². The Kier molecular flexibility index (Phi) is 3.17. The molecule has 0 radical (unpaired) electrons. The molecule has 0 aliphatic carbocycles. The SMILES string of the molecule is Cc1ccc2cccc(OS(=O)(=O)C(F)(F)F)c2c1. The van der Waals surface area contributed by atoms with Gasteiger partial charge in [-0.2, -0.15) is 21.6 Å². The molecular weight excluding hydrogens is 281 g/mol. The van der Waals surface area contributed by atoms with E-state index in [1.807, 2.05) is 0 Å². The molecule has 0 heterocycles. The molecule has 0 spiro atoms. The lowest BCUT2D eigenvalue weighted by Gasteiger charge is -2.11. The number of rotatable bonds is 2. The van der Waals surface area contributed by atoms with Gasteiger partial charge in [-0.1, -0.05) is 29.8 Å². The Morgan fingerprint density at radius 1 is 1.11 bits per heavy atom. The maximum atomic E-state index is 12.3. The van der Waals surface area contributed by atoms with Crippen LogP contribution >= 0.6 is 0 Å². The molecule has 0 aliphatic rings. The monoisotopic (exact) mass is 290 g/mol. The predicted molar refractivity (Wildman–Crippen MR) is 64.3 cm³/mol. The minimum absolute atomic E-state index is 0.315. The first-order chi connectivity index (χ1) is 8.71. The van der Waals surface area contributed by atoms with Crippen molar-refractivity contribution in [3.05, 3.63) is 42.0 Å². The second-order valence-corrected chi connectivity index (χ2v) is 5.50. The lowest BCUT2D eigenvalue weighted by molar-refractivity contribution is -0.0499. The Morgan fingerprint density at radius 2 is 1.79 bits per heavy atom. The Labute approximate surface area is 107 Å². The second-order valence-electron chi connectivity index (χ2n) is 3.96. The van der Waals surface area contributed by atoms with Crippen LogP contribution in [0, 0.1) is 6.92 Å². The quantitative estimate of drug-likeness (QED) is 0.629. The largest absolute Gasteiger partial charge is 0.534 e. The van der Waals surface area contributed by atoms with E-state index in [0.717, 1.165) is 5.56 Å². The van der Waals surface area contributed by atoms with Crippen molar-refractivity contribution < 1.29 is 25.8 Å². The van der Waals surface area contributed by atoms with Gasteiger partial charge >= 0.3 is 15.6 Å². The van der Waals surface area contributed by atoms with E-state index in [1.165, 1.54) is 12.1 Å². The highest BCUT2D eigenvalue weighted by molar-refractivity contribution is 7.88. The predicted octanol–water partition coefficient (Wildman–Crippen LogP) is 3.38. The molecule has 3 nitrogen and oxygen atoms in total. The molecule has 102 valence electrons. The van der Waals surface area contributed by atoms with Gasteiger partial charge in [0.25, 0.3) is 0 Å². The summed E-state index contributed by atoms with van der Waals surface area (Å²) in [4.78, 5) is 0.